The number of hydrogen-bond donors (Lipinski definition) is 1. The topological polar surface area (TPSA) is 66.6 Å². The number of piperazine rings is 1. The molecule has 0 aliphatic carbocycles. The van der Waals surface area contributed by atoms with E-state index in [-0.39, 0.29) is 5.75 Å². The van der Waals surface area contributed by atoms with Crippen molar-refractivity contribution in [2.45, 2.75) is 32.2 Å². The number of nitrogens with zero attached hydrogens (tertiary/aromatic N) is 2. The largest absolute Gasteiger partial charge is 0.326 e. The Balaban J connectivity index is 2.06. The summed E-state index contributed by atoms with van der Waals surface area (Å²) in [6.07, 6.45) is 0. The van der Waals surface area contributed by atoms with E-state index in [9.17, 15) is 8.42 Å². The monoisotopic (exact) mass is 311 g/mol. The highest BCUT2D eigenvalue weighted by Gasteiger charge is 2.28. The van der Waals surface area contributed by atoms with Crippen LogP contribution in [0.2, 0.25) is 0 Å². The van der Waals surface area contributed by atoms with Crippen molar-refractivity contribution in [2.24, 2.45) is 5.73 Å². The first-order valence-electron chi connectivity index (χ1n) is 7.43. The molecule has 1 aromatic rings. The van der Waals surface area contributed by atoms with Gasteiger partial charge in [-0.25, -0.2) is 8.42 Å². The molecule has 1 aliphatic heterocycles. The second-order valence-corrected chi connectivity index (χ2v) is 7.73. The third-order valence-corrected chi connectivity index (χ3v) is 5.90. The van der Waals surface area contributed by atoms with Crippen molar-refractivity contribution in [3.8, 4) is 0 Å². The van der Waals surface area contributed by atoms with E-state index < -0.39 is 10.0 Å². The maximum absolute atomic E-state index is 12.6. The van der Waals surface area contributed by atoms with Gasteiger partial charge in [0.15, 0.2) is 0 Å². The standard InChI is InChI=1S/C15H25N3O2S/c1-13(2)17-7-9-18(10-8-17)21(19,20)12-15-6-4-3-5-14(15)11-16/h3-6,13H,7-12,16H2,1-2H3. The summed E-state index contributed by atoms with van der Waals surface area (Å²) in [5, 5.41) is 0. The summed E-state index contributed by atoms with van der Waals surface area (Å²) in [4.78, 5) is 2.31. The molecule has 1 saturated heterocycles. The molecule has 0 unspecified atom stereocenters. The summed E-state index contributed by atoms with van der Waals surface area (Å²) in [5.74, 6) is 0.0437. The zero-order chi connectivity index (χ0) is 15.5. The van der Waals surface area contributed by atoms with Crippen LogP contribution >= 0.6 is 0 Å². The average molecular weight is 311 g/mol. The van der Waals surface area contributed by atoms with E-state index in [4.69, 9.17) is 5.73 Å². The van der Waals surface area contributed by atoms with Gasteiger partial charge in [0.2, 0.25) is 10.0 Å². The van der Waals surface area contributed by atoms with Gasteiger partial charge in [0.25, 0.3) is 0 Å². The van der Waals surface area contributed by atoms with E-state index in [1.807, 2.05) is 24.3 Å². The molecule has 118 valence electrons. The van der Waals surface area contributed by atoms with Crippen molar-refractivity contribution in [3.05, 3.63) is 35.4 Å². The molecule has 1 aliphatic rings. The quantitative estimate of drug-likeness (QED) is 0.881. The number of nitrogens with two attached hydrogens (primary N) is 1. The normalized spacial score (nSPS) is 18.3. The van der Waals surface area contributed by atoms with Crippen LogP contribution in [0.4, 0.5) is 0 Å². The minimum atomic E-state index is -3.27. The molecule has 0 amide bonds. The van der Waals surface area contributed by atoms with Crippen LogP contribution in [0.1, 0.15) is 25.0 Å². The van der Waals surface area contributed by atoms with Crippen molar-refractivity contribution in [3.63, 3.8) is 0 Å². The fraction of sp³-hybridized carbons (Fsp3) is 0.600. The van der Waals surface area contributed by atoms with Crippen LogP contribution in [0.15, 0.2) is 24.3 Å². The fourth-order valence-electron chi connectivity index (χ4n) is 2.68. The number of benzene rings is 1. The highest BCUT2D eigenvalue weighted by atomic mass is 32.2. The third-order valence-electron chi connectivity index (χ3n) is 4.07. The lowest BCUT2D eigenvalue weighted by atomic mass is 10.1. The van der Waals surface area contributed by atoms with Crippen LogP contribution in [0.3, 0.4) is 0 Å². The van der Waals surface area contributed by atoms with Gasteiger partial charge in [-0.15, -0.1) is 0 Å². The Kier molecular flexibility index (Phi) is 5.37. The van der Waals surface area contributed by atoms with Gasteiger partial charge >= 0.3 is 0 Å². The van der Waals surface area contributed by atoms with Gasteiger partial charge in [0, 0.05) is 38.8 Å². The molecule has 0 aromatic heterocycles. The summed E-state index contributed by atoms with van der Waals surface area (Å²) in [5.41, 5.74) is 7.40. The van der Waals surface area contributed by atoms with E-state index in [1.54, 1.807) is 4.31 Å². The summed E-state index contributed by atoms with van der Waals surface area (Å²) < 4.78 is 26.7. The predicted molar refractivity (Wildman–Crippen MR) is 85.2 cm³/mol. The first kappa shape index (κ1) is 16.4. The summed E-state index contributed by atoms with van der Waals surface area (Å²) in [7, 11) is -3.27. The minimum Gasteiger partial charge on any atom is -0.326 e. The van der Waals surface area contributed by atoms with Crippen LogP contribution in [-0.2, 0) is 22.3 Å². The Labute approximate surface area is 127 Å². The molecule has 0 atom stereocenters. The summed E-state index contributed by atoms with van der Waals surface area (Å²) in [6, 6.07) is 7.96. The van der Waals surface area contributed by atoms with E-state index in [0.717, 1.165) is 24.2 Å². The lowest BCUT2D eigenvalue weighted by Crippen LogP contribution is -2.50. The molecule has 0 bridgehead atoms. The number of sulfonamides is 1. The zero-order valence-electron chi connectivity index (χ0n) is 12.8. The number of hydrogen-bond acceptors (Lipinski definition) is 4. The molecule has 2 N–H and O–H groups in total. The van der Waals surface area contributed by atoms with Gasteiger partial charge in [-0.2, -0.15) is 4.31 Å². The maximum Gasteiger partial charge on any atom is 0.218 e. The highest BCUT2D eigenvalue weighted by molar-refractivity contribution is 7.88. The van der Waals surface area contributed by atoms with E-state index in [0.29, 0.717) is 25.7 Å². The fourth-order valence-corrected chi connectivity index (χ4v) is 4.26. The van der Waals surface area contributed by atoms with Gasteiger partial charge in [-0.05, 0) is 25.0 Å². The van der Waals surface area contributed by atoms with Crippen molar-refractivity contribution in [2.75, 3.05) is 26.2 Å². The molecule has 1 aromatic carbocycles. The molecule has 2 rings (SSSR count). The molecule has 21 heavy (non-hydrogen) atoms. The van der Waals surface area contributed by atoms with E-state index >= 15 is 0 Å². The third kappa shape index (κ3) is 4.03. The lowest BCUT2D eigenvalue weighted by molar-refractivity contribution is 0.154. The van der Waals surface area contributed by atoms with Crippen LogP contribution in [-0.4, -0.2) is 49.8 Å². The Morgan fingerprint density at radius 3 is 2.19 bits per heavy atom. The first-order chi connectivity index (χ1) is 9.94. The van der Waals surface area contributed by atoms with Crippen LogP contribution < -0.4 is 5.73 Å². The Hall–Kier alpha value is -0.950. The Bertz CT molecular complexity index is 564. The predicted octanol–water partition coefficient (Wildman–Crippen LogP) is 1.00. The summed E-state index contributed by atoms with van der Waals surface area (Å²) >= 11 is 0. The molecule has 1 fully saturated rings. The second-order valence-electron chi connectivity index (χ2n) is 5.76. The van der Waals surface area contributed by atoms with Crippen molar-refractivity contribution in [1.29, 1.82) is 0 Å². The molecular weight excluding hydrogens is 286 g/mol. The molecule has 5 nitrogen and oxygen atoms in total. The number of rotatable bonds is 5. The van der Waals surface area contributed by atoms with E-state index in [1.165, 1.54) is 0 Å². The molecule has 0 saturated carbocycles. The lowest BCUT2D eigenvalue weighted by Gasteiger charge is -2.36. The summed E-state index contributed by atoms with van der Waals surface area (Å²) in [6.45, 7) is 7.40. The molecule has 0 spiro atoms. The molecular formula is C15H25N3O2S. The van der Waals surface area contributed by atoms with Crippen molar-refractivity contribution in [1.82, 2.24) is 9.21 Å². The Morgan fingerprint density at radius 1 is 1.10 bits per heavy atom. The van der Waals surface area contributed by atoms with Crippen molar-refractivity contribution < 1.29 is 8.42 Å². The molecule has 6 heteroatoms. The maximum atomic E-state index is 12.6. The second kappa shape index (κ2) is 6.87. The van der Waals surface area contributed by atoms with E-state index in [2.05, 4.69) is 18.7 Å². The molecule has 1 heterocycles. The Morgan fingerprint density at radius 2 is 1.67 bits per heavy atom. The van der Waals surface area contributed by atoms with Crippen LogP contribution in [0.5, 0.6) is 0 Å². The van der Waals surface area contributed by atoms with Crippen LogP contribution in [0.25, 0.3) is 0 Å². The highest BCUT2D eigenvalue weighted by Crippen LogP contribution is 2.17. The zero-order valence-corrected chi connectivity index (χ0v) is 13.6. The van der Waals surface area contributed by atoms with Gasteiger partial charge in [0.1, 0.15) is 0 Å². The average Bonchev–Trinajstić information content (AvgIpc) is 2.47. The van der Waals surface area contributed by atoms with Crippen LogP contribution in [0, 0.1) is 0 Å². The van der Waals surface area contributed by atoms with Gasteiger partial charge in [0.05, 0.1) is 5.75 Å². The SMILES string of the molecule is CC(C)N1CCN(S(=O)(=O)Cc2ccccc2CN)CC1. The molecule has 0 radical (unpaired) electrons. The minimum absolute atomic E-state index is 0.0437. The van der Waals surface area contributed by atoms with Gasteiger partial charge in [-0.3, -0.25) is 4.90 Å². The van der Waals surface area contributed by atoms with Gasteiger partial charge in [-0.1, -0.05) is 24.3 Å². The smallest absolute Gasteiger partial charge is 0.218 e. The van der Waals surface area contributed by atoms with Crippen molar-refractivity contribution >= 4 is 10.0 Å². The first-order valence-corrected chi connectivity index (χ1v) is 9.03. The van der Waals surface area contributed by atoms with Gasteiger partial charge < -0.3 is 5.73 Å².